The van der Waals surface area contributed by atoms with Gasteiger partial charge < -0.3 is 10.1 Å². The lowest BCUT2D eigenvalue weighted by Gasteiger charge is -2.21. The quantitative estimate of drug-likeness (QED) is 0.860. The Bertz CT molecular complexity index is 341. The Labute approximate surface area is 100 Å². The second-order valence-electron chi connectivity index (χ2n) is 4.61. The van der Waals surface area contributed by atoms with Gasteiger partial charge in [0.15, 0.2) is 0 Å². The summed E-state index contributed by atoms with van der Waals surface area (Å²) in [5, 5.41) is 6.93. The molecule has 3 nitrogen and oxygen atoms in total. The Hall–Kier alpha value is -0.450. The molecule has 0 radical (unpaired) electrons. The molecule has 2 atom stereocenters. The number of piperidine rings is 1. The van der Waals surface area contributed by atoms with Crippen LogP contribution in [0.2, 0.25) is 0 Å². The first kappa shape index (κ1) is 10.7. The molecule has 3 rings (SSSR count). The lowest BCUT2D eigenvalue weighted by molar-refractivity contribution is 0.111. The molecule has 3 heterocycles. The molecule has 88 valence electrons. The maximum atomic E-state index is 5.67. The van der Waals surface area contributed by atoms with E-state index < -0.39 is 0 Å². The van der Waals surface area contributed by atoms with E-state index in [2.05, 4.69) is 10.7 Å². The van der Waals surface area contributed by atoms with Crippen molar-refractivity contribution in [3.05, 3.63) is 16.1 Å². The highest BCUT2D eigenvalue weighted by atomic mass is 32.1. The van der Waals surface area contributed by atoms with Gasteiger partial charge in [-0.3, -0.25) is 0 Å². The van der Waals surface area contributed by atoms with Gasteiger partial charge in [-0.25, -0.2) is 4.98 Å². The molecule has 0 aliphatic carbocycles. The van der Waals surface area contributed by atoms with E-state index >= 15 is 0 Å². The van der Waals surface area contributed by atoms with Gasteiger partial charge in [0.05, 0.1) is 11.7 Å². The second-order valence-corrected chi connectivity index (χ2v) is 5.50. The molecule has 16 heavy (non-hydrogen) atoms. The Morgan fingerprint density at radius 3 is 3.06 bits per heavy atom. The molecule has 0 amide bonds. The smallest absolute Gasteiger partial charge is 0.122 e. The molecule has 0 bridgehead atoms. The molecule has 0 saturated carbocycles. The highest BCUT2D eigenvalue weighted by Gasteiger charge is 2.23. The van der Waals surface area contributed by atoms with E-state index in [9.17, 15) is 0 Å². The van der Waals surface area contributed by atoms with Gasteiger partial charge >= 0.3 is 0 Å². The Morgan fingerprint density at radius 1 is 1.31 bits per heavy atom. The molecule has 1 N–H and O–H groups in total. The zero-order valence-corrected chi connectivity index (χ0v) is 10.3. The second kappa shape index (κ2) is 4.82. The van der Waals surface area contributed by atoms with Crippen molar-refractivity contribution < 1.29 is 4.74 Å². The first-order valence-electron chi connectivity index (χ1n) is 6.24. The van der Waals surface area contributed by atoms with Crippen molar-refractivity contribution in [2.45, 2.75) is 44.2 Å². The third kappa shape index (κ3) is 2.14. The van der Waals surface area contributed by atoms with Crippen molar-refractivity contribution in [3.8, 4) is 0 Å². The zero-order valence-electron chi connectivity index (χ0n) is 9.45. The number of thiazole rings is 1. The van der Waals surface area contributed by atoms with Crippen LogP contribution in [0.4, 0.5) is 0 Å². The van der Waals surface area contributed by atoms with E-state index in [0.29, 0.717) is 6.04 Å². The predicted octanol–water partition coefficient (Wildman–Crippen LogP) is 2.81. The van der Waals surface area contributed by atoms with Crippen LogP contribution in [0.1, 0.15) is 55.0 Å². The fourth-order valence-corrected chi connectivity index (χ4v) is 3.44. The van der Waals surface area contributed by atoms with Gasteiger partial charge in [-0.1, -0.05) is 6.42 Å². The fourth-order valence-electron chi connectivity index (χ4n) is 2.49. The predicted molar refractivity (Wildman–Crippen MR) is 64.6 cm³/mol. The number of nitrogens with zero attached hydrogens (tertiary/aromatic N) is 1. The molecule has 2 saturated heterocycles. The van der Waals surface area contributed by atoms with Crippen LogP contribution in [0.25, 0.3) is 0 Å². The van der Waals surface area contributed by atoms with E-state index in [1.807, 2.05) is 0 Å². The minimum Gasteiger partial charge on any atom is -0.371 e. The highest BCUT2D eigenvalue weighted by Crippen LogP contribution is 2.33. The molecule has 4 heteroatoms. The van der Waals surface area contributed by atoms with Crippen LogP contribution in [0.3, 0.4) is 0 Å². The summed E-state index contributed by atoms with van der Waals surface area (Å²) >= 11 is 1.76. The number of rotatable bonds is 2. The molecule has 1 aromatic rings. The third-order valence-corrected chi connectivity index (χ3v) is 4.37. The number of hydrogen-bond acceptors (Lipinski definition) is 4. The van der Waals surface area contributed by atoms with Crippen LogP contribution >= 0.6 is 11.3 Å². The summed E-state index contributed by atoms with van der Waals surface area (Å²) in [5.74, 6) is 0. The SMILES string of the molecule is c1sc(C2CCCO2)nc1C1CCCCN1. The number of hydrogen-bond donors (Lipinski definition) is 1. The van der Waals surface area contributed by atoms with E-state index in [1.54, 1.807) is 11.3 Å². The van der Waals surface area contributed by atoms with Crippen molar-refractivity contribution in [3.63, 3.8) is 0 Å². The summed E-state index contributed by atoms with van der Waals surface area (Å²) in [6, 6.07) is 0.486. The van der Waals surface area contributed by atoms with Gasteiger partial charge in [-0.15, -0.1) is 11.3 Å². The number of nitrogens with one attached hydrogen (secondary N) is 1. The van der Waals surface area contributed by atoms with Gasteiger partial charge in [0.2, 0.25) is 0 Å². The average molecular weight is 238 g/mol. The molecule has 2 aliphatic rings. The van der Waals surface area contributed by atoms with Crippen molar-refractivity contribution in [2.24, 2.45) is 0 Å². The van der Waals surface area contributed by atoms with Gasteiger partial charge in [-0.2, -0.15) is 0 Å². The van der Waals surface area contributed by atoms with E-state index in [1.165, 1.54) is 36.4 Å². The molecular weight excluding hydrogens is 220 g/mol. The van der Waals surface area contributed by atoms with Crippen LogP contribution in [-0.4, -0.2) is 18.1 Å². The molecule has 0 spiro atoms. The maximum absolute atomic E-state index is 5.67. The lowest BCUT2D eigenvalue weighted by atomic mass is 10.0. The molecular formula is C12H18N2OS. The Morgan fingerprint density at radius 2 is 2.31 bits per heavy atom. The van der Waals surface area contributed by atoms with Gasteiger partial charge in [0.25, 0.3) is 0 Å². The normalized spacial score (nSPS) is 30.8. The molecule has 2 aliphatic heterocycles. The number of ether oxygens (including phenoxy) is 1. The largest absolute Gasteiger partial charge is 0.371 e. The fraction of sp³-hybridized carbons (Fsp3) is 0.750. The van der Waals surface area contributed by atoms with Crippen molar-refractivity contribution in [2.75, 3.05) is 13.2 Å². The minimum atomic E-state index is 0.280. The summed E-state index contributed by atoms with van der Waals surface area (Å²) in [6.07, 6.45) is 6.47. The molecule has 2 fully saturated rings. The number of aromatic nitrogens is 1. The Balaban J connectivity index is 1.71. The summed E-state index contributed by atoms with van der Waals surface area (Å²) in [6.45, 7) is 2.04. The zero-order chi connectivity index (χ0) is 10.8. The standard InChI is InChI=1S/C12H18N2OS/c1-2-6-13-9(4-1)10-8-16-12(14-10)11-5-3-7-15-11/h8-9,11,13H,1-7H2. The first-order valence-corrected chi connectivity index (χ1v) is 7.12. The van der Waals surface area contributed by atoms with Gasteiger partial charge in [0, 0.05) is 12.0 Å². The van der Waals surface area contributed by atoms with Crippen molar-refractivity contribution in [1.29, 1.82) is 0 Å². The third-order valence-electron chi connectivity index (χ3n) is 3.41. The van der Waals surface area contributed by atoms with Crippen LogP contribution in [0.15, 0.2) is 5.38 Å². The van der Waals surface area contributed by atoms with E-state index in [4.69, 9.17) is 9.72 Å². The van der Waals surface area contributed by atoms with Crippen LogP contribution in [0, 0.1) is 0 Å². The van der Waals surface area contributed by atoms with Crippen LogP contribution in [-0.2, 0) is 4.74 Å². The van der Waals surface area contributed by atoms with Crippen LogP contribution in [0.5, 0.6) is 0 Å². The highest BCUT2D eigenvalue weighted by molar-refractivity contribution is 7.09. The summed E-state index contributed by atoms with van der Waals surface area (Å²) in [5.41, 5.74) is 1.23. The van der Waals surface area contributed by atoms with Crippen molar-refractivity contribution in [1.82, 2.24) is 10.3 Å². The summed E-state index contributed by atoms with van der Waals surface area (Å²) in [4.78, 5) is 4.75. The van der Waals surface area contributed by atoms with Crippen LogP contribution < -0.4 is 5.32 Å². The average Bonchev–Trinajstić information content (AvgIpc) is 3.01. The lowest BCUT2D eigenvalue weighted by Crippen LogP contribution is -2.27. The first-order chi connectivity index (χ1) is 7.93. The van der Waals surface area contributed by atoms with Gasteiger partial charge in [-0.05, 0) is 32.2 Å². The summed E-state index contributed by atoms with van der Waals surface area (Å²) in [7, 11) is 0. The Kier molecular flexibility index (Phi) is 3.22. The molecule has 0 aromatic carbocycles. The van der Waals surface area contributed by atoms with E-state index in [0.717, 1.165) is 19.6 Å². The summed E-state index contributed by atoms with van der Waals surface area (Å²) < 4.78 is 5.67. The van der Waals surface area contributed by atoms with E-state index in [-0.39, 0.29) is 6.10 Å². The maximum Gasteiger partial charge on any atom is 0.122 e. The molecule has 2 unspecified atom stereocenters. The minimum absolute atomic E-state index is 0.280. The topological polar surface area (TPSA) is 34.1 Å². The monoisotopic (exact) mass is 238 g/mol. The molecule has 1 aromatic heterocycles. The van der Waals surface area contributed by atoms with Gasteiger partial charge in [0.1, 0.15) is 11.1 Å². The van der Waals surface area contributed by atoms with Crippen molar-refractivity contribution >= 4 is 11.3 Å².